The summed E-state index contributed by atoms with van der Waals surface area (Å²) in [6.07, 6.45) is 2.55. The lowest BCUT2D eigenvalue weighted by molar-refractivity contribution is 0.302. The highest BCUT2D eigenvalue weighted by Gasteiger charge is 2.20. The minimum Gasteiger partial charge on any atom is -0.488 e. The Kier molecular flexibility index (Phi) is 4.69. The van der Waals surface area contributed by atoms with E-state index in [1.54, 1.807) is 0 Å². The van der Waals surface area contributed by atoms with Gasteiger partial charge in [0, 0.05) is 33.8 Å². The van der Waals surface area contributed by atoms with Crippen LogP contribution >= 0.6 is 23.2 Å². The summed E-state index contributed by atoms with van der Waals surface area (Å²) in [5.41, 5.74) is 1.98. The number of hydrogen-bond acceptors (Lipinski definition) is 2. The summed E-state index contributed by atoms with van der Waals surface area (Å²) in [6.45, 7) is 1.20. The number of hydrogen-bond donors (Lipinski definition) is 1. The first-order valence-corrected chi connectivity index (χ1v) is 7.86. The molecular formula is C17H17Cl2NO. The summed E-state index contributed by atoms with van der Waals surface area (Å²) in [5.74, 6) is 0.877. The normalized spacial score (nSPS) is 14.2. The lowest BCUT2D eigenvalue weighted by Gasteiger charge is -2.13. The number of halogens is 2. The third-order valence-electron chi connectivity index (χ3n) is 3.56. The molecule has 1 N–H and O–H groups in total. The average molecular weight is 322 g/mol. The van der Waals surface area contributed by atoms with E-state index in [-0.39, 0.29) is 0 Å². The highest BCUT2D eigenvalue weighted by molar-refractivity contribution is 6.35. The van der Waals surface area contributed by atoms with Gasteiger partial charge in [-0.3, -0.25) is 0 Å². The highest BCUT2D eigenvalue weighted by Crippen LogP contribution is 2.27. The fourth-order valence-corrected chi connectivity index (χ4v) is 2.66. The molecule has 0 aromatic heterocycles. The van der Waals surface area contributed by atoms with E-state index in [0.29, 0.717) is 22.7 Å². The maximum atomic E-state index is 6.17. The highest BCUT2D eigenvalue weighted by atomic mass is 35.5. The third-order valence-corrected chi connectivity index (χ3v) is 4.27. The lowest BCUT2D eigenvalue weighted by Crippen LogP contribution is -2.16. The molecule has 2 aromatic carbocycles. The van der Waals surface area contributed by atoms with E-state index in [2.05, 4.69) is 11.4 Å². The number of benzene rings is 2. The van der Waals surface area contributed by atoms with E-state index < -0.39 is 0 Å². The Hall–Kier alpha value is -1.22. The molecule has 3 rings (SSSR count). The minimum atomic E-state index is 0.374. The predicted octanol–water partition coefficient (Wildman–Crippen LogP) is 4.82. The first-order chi connectivity index (χ1) is 10.2. The fraction of sp³-hybridized carbons (Fsp3) is 0.294. The van der Waals surface area contributed by atoms with Crippen LogP contribution in [0, 0.1) is 0 Å². The largest absolute Gasteiger partial charge is 0.488 e. The van der Waals surface area contributed by atoms with Gasteiger partial charge in [-0.25, -0.2) is 0 Å². The standard InChI is InChI=1S/C17H17Cl2NO/c18-15-5-3-6-16(19)14(15)11-21-17-7-2-1-4-12(17)10-20-13-8-9-13/h1-7,13,20H,8-11H2. The summed E-state index contributed by atoms with van der Waals surface area (Å²) < 4.78 is 5.93. The van der Waals surface area contributed by atoms with Gasteiger partial charge in [0.25, 0.3) is 0 Å². The zero-order valence-electron chi connectivity index (χ0n) is 11.6. The topological polar surface area (TPSA) is 21.3 Å². The summed E-state index contributed by atoms with van der Waals surface area (Å²) in [7, 11) is 0. The molecule has 2 aromatic rings. The van der Waals surface area contributed by atoms with E-state index in [0.717, 1.165) is 23.4 Å². The van der Waals surface area contributed by atoms with Gasteiger partial charge >= 0.3 is 0 Å². The van der Waals surface area contributed by atoms with Crippen LogP contribution < -0.4 is 10.1 Å². The molecule has 0 amide bonds. The summed E-state index contributed by atoms with van der Waals surface area (Å²) in [5, 5.41) is 4.77. The van der Waals surface area contributed by atoms with Crippen LogP contribution in [0.1, 0.15) is 24.0 Å². The van der Waals surface area contributed by atoms with Gasteiger partial charge in [0.1, 0.15) is 12.4 Å². The Labute approximate surface area is 135 Å². The second kappa shape index (κ2) is 6.69. The average Bonchev–Trinajstić information content (AvgIpc) is 3.30. The van der Waals surface area contributed by atoms with Crippen molar-refractivity contribution in [2.24, 2.45) is 0 Å². The van der Waals surface area contributed by atoms with Crippen molar-refractivity contribution >= 4 is 23.2 Å². The molecule has 110 valence electrons. The molecule has 21 heavy (non-hydrogen) atoms. The van der Waals surface area contributed by atoms with E-state index in [1.165, 1.54) is 12.8 Å². The van der Waals surface area contributed by atoms with Gasteiger partial charge < -0.3 is 10.1 Å². The predicted molar refractivity (Wildman–Crippen MR) is 87.1 cm³/mol. The summed E-state index contributed by atoms with van der Waals surface area (Å²) >= 11 is 12.3. The first-order valence-electron chi connectivity index (χ1n) is 7.11. The molecule has 0 unspecified atom stereocenters. The van der Waals surface area contributed by atoms with Crippen LogP contribution in [-0.2, 0) is 13.2 Å². The van der Waals surface area contributed by atoms with E-state index >= 15 is 0 Å². The zero-order chi connectivity index (χ0) is 14.7. The molecule has 2 nitrogen and oxygen atoms in total. The molecule has 0 aliphatic heterocycles. The van der Waals surface area contributed by atoms with Crippen LogP contribution in [-0.4, -0.2) is 6.04 Å². The van der Waals surface area contributed by atoms with Crippen molar-refractivity contribution < 1.29 is 4.74 Å². The van der Waals surface area contributed by atoms with Gasteiger partial charge in [-0.05, 0) is 31.0 Å². The Balaban J connectivity index is 1.69. The summed E-state index contributed by atoms with van der Waals surface area (Å²) in [6, 6.07) is 14.2. The molecule has 0 bridgehead atoms. The molecule has 1 aliphatic rings. The Morgan fingerprint density at radius 3 is 2.43 bits per heavy atom. The lowest BCUT2D eigenvalue weighted by atomic mass is 10.2. The van der Waals surface area contributed by atoms with E-state index in [4.69, 9.17) is 27.9 Å². The van der Waals surface area contributed by atoms with Crippen molar-refractivity contribution in [2.75, 3.05) is 0 Å². The van der Waals surface area contributed by atoms with E-state index in [1.807, 2.05) is 36.4 Å². The molecule has 0 spiro atoms. The van der Waals surface area contributed by atoms with E-state index in [9.17, 15) is 0 Å². The second-order valence-corrected chi connectivity index (χ2v) is 6.07. The molecule has 0 radical (unpaired) electrons. The van der Waals surface area contributed by atoms with Gasteiger partial charge in [0.15, 0.2) is 0 Å². The van der Waals surface area contributed by atoms with Crippen LogP contribution in [0.15, 0.2) is 42.5 Å². The monoisotopic (exact) mass is 321 g/mol. The van der Waals surface area contributed by atoms with Crippen molar-refractivity contribution in [1.82, 2.24) is 5.32 Å². The molecule has 1 fully saturated rings. The molecule has 0 heterocycles. The maximum Gasteiger partial charge on any atom is 0.124 e. The van der Waals surface area contributed by atoms with Crippen LogP contribution in [0.2, 0.25) is 10.0 Å². The maximum absolute atomic E-state index is 6.17. The van der Waals surface area contributed by atoms with Gasteiger partial charge in [-0.1, -0.05) is 47.5 Å². The quantitative estimate of drug-likeness (QED) is 0.823. The van der Waals surface area contributed by atoms with Crippen molar-refractivity contribution in [1.29, 1.82) is 0 Å². The van der Waals surface area contributed by atoms with Gasteiger partial charge in [0.2, 0.25) is 0 Å². The first kappa shape index (κ1) is 14.7. The number of nitrogens with one attached hydrogen (secondary N) is 1. The molecular weight excluding hydrogens is 305 g/mol. The van der Waals surface area contributed by atoms with Gasteiger partial charge in [-0.2, -0.15) is 0 Å². The van der Waals surface area contributed by atoms with Gasteiger partial charge in [-0.15, -0.1) is 0 Å². The van der Waals surface area contributed by atoms with Crippen molar-refractivity contribution in [3.8, 4) is 5.75 Å². The molecule has 4 heteroatoms. The van der Waals surface area contributed by atoms with Crippen molar-refractivity contribution in [3.63, 3.8) is 0 Å². The number of para-hydroxylation sites is 1. The zero-order valence-corrected chi connectivity index (χ0v) is 13.1. The Morgan fingerprint density at radius 2 is 1.71 bits per heavy atom. The van der Waals surface area contributed by atoms with Crippen LogP contribution in [0.5, 0.6) is 5.75 Å². The number of ether oxygens (including phenoxy) is 1. The molecule has 0 saturated heterocycles. The summed E-state index contributed by atoms with van der Waals surface area (Å²) in [4.78, 5) is 0. The van der Waals surface area contributed by atoms with Crippen LogP contribution in [0.4, 0.5) is 0 Å². The van der Waals surface area contributed by atoms with Crippen LogP contribution in [0.3, 0.4) is 0 Å². The Bertz CT molecular complexity index is 606. The van der Waals surface area contributed by atoms with Crippen molar-refractivity contribution in [3.05, 3.63) is 63.6 Å². The molecule has 1 aliphatic carbocycles. The minimum absolute atomic E-state index is 0.374. The smallest absolute Gasteiger partial charge is 0.124 e. The fourth-order valence-electron chi connectivity index (χ4n) is 2.15. The Morgan fingerprint density at radius 1 is 1.00 bits per heavy atom. The third kappa shape index (κ3) is 3.91. The molecule has 1 saturated carbocycles. The SMILES string of the molecule is Clc1cccc(Cl)c1COc1ccccc1CNC1CC1. The van der Waals surface area contributed by atoms with Crippen molar-refractivity contribution in [2.45, 2.75) is 32.0 Å². The van der Waals surface area contributed by atoms with Crippen LogP contribution in [0.25, 0.3) is 0 Å². The second-order valence-electron chi connectivity index (χ2n) is 5.25. The number of rotatable bonds is 6. The molecule has 0 atom stereocenters. The van der Waals surface area contributed by atoms with Gasteiger partial charge in [0.05, 0.1) is 0 Å².